The fraction of sp³-hybridized carbons (Fsp3) is 0.300. The van der Waals surface area contributed by atoms with Crippen molar-refractivity contribution in [3.63, 3.8) is 0 Å². The highest BCUT2D eigenvalue weighted by Crippen LogP contribution is 2.30. The molecule has 0 radical (unpaired) electrons. The van der Waals surface area contributed by atoms with Crippen molar-refractivity contribution in [1.82, 2.24) is 5.32 Å². The number of carbonyl (C=O) groups excluding carboxylic acids is 1. The lowest BCUT2D eigenvalue weighted by atomic mass is 10.0. The van der Waals surface area contributed by atoms with Gasteiger partial charge in [0, 0.05) is 24.9 Å². The number of benzene rings is 2. The standard InChI is InChI=1S/C20H18F4N2O3/c1-28-16-4-2-3-12(8-16)7-15-10-18(29-26-15)19(27)25-11-13-5-6-14(9-17(13)21)20(22,23)24/h2-6,8-9,18H,7,10-11H2,1H3,(H,25,27)/t18-/m0/s1. The van der Waals surface area contributed by atoms with E-state index in [1.165, 1.54) is 0 Å². The summed E-state index contributed by atoms with van der Waals surface area (Å²) in [6.45, 7) is -0.256. The van der Waals surface area contributed by atoms with Gasteiger partial charge >= 0.3 is 6.18 Å². The molecule has 1 heterocycles. The van der Waals surface area contributed by atoms with Gasteiger partial charge < -0.3 is 14.9 Å². The average Bonchev–Trinajstić information content (AvgIpc) is 3.14. The smallest absolute Gasteiger partial charge is 0.416 e. The summed E-state index contributed by atoms with van der Waals surface area (Å²) in [4.78, 5) is 17.4. The van der Waals surface area contributed by atoms with E-state index in [0.717, 1.165) is 17.7 Å². The zero-order valence-electron chi connectivity index (χ0n) is 15.4. The minimum Gasteiger partial charge on any atom is -0.497 e. The maximum Gasteiger partial charge on any atom is 0.416 e. The number of methoxy groups -OCH3 is 1. The van der Waals surface area contributed by atoms with E-state index in [0.29, 0.717) is 23.9 Å². The van der Waals surface area contributed by atoms with Gasteiger partial charge in [-0.3, -0.25) is 4.79 Å². The molecule has 2 aromatic carbocycles. The van der Waals surface area contributed by atoms with Crippen LogP contribution in [0.25, 0.3) is 0 Å². The van der Waals surface area contributed by atoms with Crippen LogP contribution in [0.4, 0.5) is 17.6 Å². The van der Waals surface area contributed by atoms with Gasteiger partial charge in [-0.15, -0.1) is 0 Å². The third kappa shape index (κ3) is 5.24. The number of nitrogens with zero attached hydrogens (tertiary/aromatic N) is 1. The molecule has 1 aliphatic rings. The summed E-state index contributed by atoms with van der Waals surface area (Å²) in [7, 11) is 1.56. The molecule has 3 rings (SSSR count). The molecule has 29 heavy (non-hydrogen) atoms. The summed E-state index contributed by atoms with van der Waals surface area (Å²) in [6.07, 6.45) is -4.75. The summed E-state index contributed by atoms with van der Waals surface area (Å²) < 4.78 is 56.8. The van der Waals surface area contributed by atoms with Crippen molar-refractivity contribution >= 4 is 11.6 Å². The lowest BCUT2D eigenvalue weighted by Gasteiger charge is -2.12. The van der Waals surface area contributed by atoms with Gasteiger partial charge in [-0.25, -0.2) is 4.39 Å². The number of hydrogen-bond acceptors (Lipinski definition) is 4. The van der Waals surface area contributed by atoms with Crippen LogP contribution < -0.4 is 10.1 Å². The Morgan fingerprint density at radius 2 is 2.07 bits per heavy atom. The van der Waals surface area contributed by atoms with Crippen LogP contribution in [-0.2, 0) is 28.8 Å². The van der Waals surface area contributed by atoms with Gasteiger partial charge in [-0.05, 0) is 29.8 Å². The third-order valence-corrected chi connectivity index (χ3v) is 4.40. The SMILES string of the molecule is COc1cccc(CC2=NO[C@H](C(=O)NCc3ccc(C(F)(F)F)cc3F)C2)c1. The maximum atomic E-state index is 13.9. The molecule has 2 aromatic rings. The first-order chi connectivity index (χ1) is 13.8. The Balaban J connectivity index is 1.52. The normalized spacial score (nSPS) is 16.2. The Morgan fingerprint density at radius 3 is 2.76 bits per heavy atom. The number of amides is 1. The summed E-state index contributed by atoms with van der Waals surface area (Å²) in [5.74, 6) is -0.856. The van der Waals surface area contributed by atoms with Crippen LogP contribution in [0.1, 0.15) is 23.1 Å². The Hall–Kier alpha value is -3.10. The number of nitrogens with one attached hydrogen (secondary N) is 1. The molecule has 1 atom stereocenters. The second-order valence-corrected chi connectivity index (χ2v) is 6.51. The van der Waals surface area contributed by atoms with E-state index < -0.39 is 29.6 Å². The zero-order chi connectivity index (χ0) is 21.0. The Morgan fingerprint density at radius 1 is 1.28 bits per heavy atom. The van der Waals surface area contributed by atoms with Crippen molar-refractivity contribution in [1.29, 1.82) is 0 Å². The highest BCUT2D eigenvalue weighted by molar-refractivity contribution is 5.93. The van der Waals surface area contributed by atoms with Gasteiger partial charge in [0.2, 0.25) is 6.10 Å². The summed E-state index contributed by atoms with van der Waals surface area (Å²) in [5, 5.41) is 6.38. The van der Waals surface area contributed by atoms with Gasteiger partial charge in [0.15, 0.2) is 0 Å². The molecule has 154 valence electrons. The molecular weight excluding hydrogens is 392 g/mol. The van der Waals surface area contributed by atoms with Gasteiger partial charge in [0.1, 0.15) is 11.6 Å². The molecule has 1 aliphatic heterocycles. The second kappa shape index (κ2) is 8.50. The van der Waals surface area contributed by atoms with Crippen LogP contribution in [0.3, 0.4) is 0 Å². The number of oxime groups is 1. The monoisotopic (exact) mass is 410 g/mol. The summed E-state index contributed by atoms with van der Waals surface area (Å²) in [6, 6.07) is 9.57. The number of alkyl halides is 3. The molecule has 9 heteroatoms. The van der Waals surface area contributed by atoms with E-state index in [9.17, 15) is 22.4 Å². The van der Waals surface area contributed by atoms with Gasteiger partial charge in [-0.2, -0.15) is 13.2 Å². The minimum absolute atomic E-state index is 0.0538. The van der Waals surface area contributed by atoms with E-state index in [1.54, 1.807) is 7.11 Å². The van der Waals surface area contributed by atoms with Crippen LogP contribution in [0.15, 0.2) is 47.6 Å². The number of hydrogen-bond donors (Lipinski definition) is 1. The molecule has 5 nitrogen and oxygen atoms in total. The highest BCUT2D eigenvalue weighted by Gasteiger charge is 2.31. The lowest BCUT2D eigenvalue weighted by Crippen LogP contribution is -2.34. The Labute approximate surface area is 164 Å². The van der Waals surface area contributed by atoms with E-state index in [2.05, 4.69) is 10.5 Å². The molecule has 0 aliphatic carbocycles. The summed E-state index contributed by atoms with van der Waals surface area (Å²) in [5.41, 5.74) is 0.473. The fourth-order valence-electron chi connectivity index (χ4n) is 2.85. The van der Waals surface area contributed by atoms with Crippen LogP contribution in [0.2, 0.25) is 0 Å². The number of carbonyl (C=O) groups is 1. The molecule has 0 fully saturated rings. The Kier molecular flexibility index (Phi) is 6.05. The topological polar surface area (TPSA) is 59.9 Å². The predicted molar refractivity (Wildman–Crippen MR) is 96.9 cm³/mol. The van der Waals surface area contributed by atoms with E-state index in [-0.39, 0.29) is 18.5 Å². The highest BCUT2D eigenvalue weighted by atomic mass is 19.4. The average molecular weight is 410 g/mol. The molecule has 0 aromatic heterocycles. The van der Waals surface area contributed by atoms with Crippen molar-refractivity contribution < 1.29 is 31.9 Å². The first kappa shape index (κ1) is 20.6. The molecule has 0 bridgehead atoms. The van der Waals surface area contributed by atoms with Gasteiger partial charge in [0.05, 0.1) is 18.4 Å². The maximum absolute atomic E-state index is 13.9. The fourth-order valence-corrected chi connectivity index (χ4v) is 2.85. The largest absolute Gasteiger partial charge is 0.497 e. The van der Waals surface area contributed by atoms with Crippen LogP contribution >= 0.6 is 0 Å². The molecular formula is C20H18F4N2O3. The lowest BCUT2D eigenvalue weighted by molar-refractivity contribution is -0.137. The quantitative estimate of drug-likeness (QED) is 0.736. The molecule has 0 saturated heterocycles. The molecule has 0 spiro atoms. The van der Waals surface area contributed by atoms with Crippen molar-refractivity contribution in [3.05, 3.63) is 65.0 Å². The molecule has 0 unspecified atom stereocenters. The molecule has 1 N–H and O–H groups in total. The Bertz CT molecular complexity index is 928. The van der Waals surface area contributed by atoms with Gasteiger partial charge in [-0.1, -0.05) is 23.4 Å². The summed E-state index contributed by atoms with van der Waals surface area (Å²) >= 11 is 0. The van der Waals surface area contributed by atoms with E-state index in [4.69, 9.17) is 9.57 Å². The van der Waals surface area contributed by atoms with Crippen LogP contribution in [0, 0.1) is 5.82 Å². The number of halogens is 4. The molecule has 1 amide bonds. The van der Waals surface area contributed by atoms with Gasteiger partial charge in [0.25, 0.3) is 5.91 Å². The minimum atomic E-state index is -4.63. The second-order valence-electron chi connectivity index (χ2n) is 6.51. The zero-order valence-corrected chi connectivity index (χ0v) is 15.4. The van der Waals surface area contributed by atoms with E-state index in [1.807, 2.05) is 24.3 Å². The predicted octanol–water partition coefficient (Wildman–Crippen LogP) is 3.86. The van der Waals surface area contributed by atoms with Crippen molar-refractivity contribution in [2.75, 3.05) is 7.11 Å². The first-order valence-electron chi connectivity index (χ1n) is 8.74. The number of rotatable bonds is 6. The number of ether oxygens (including phenoxy) is 1. The van der Waals surface area contributed by atoms with E-state index >= 15 is 0 Å². The van der Waals surface area contributed by atoms with Crippen molar-refractivity contribution in [3.8, 4) is 5.75 Å². The van der Waals surface area contributed by atoms with Crippen molar-refractivity contribution in [2.45, 2.75) is 31.7 Å². The third-order valence-electron chi connectivity index (χ3n) is 4.40. The first-order valence-corrected chi connectivity index (χ1v) is 8.74. The van der Waals surface area contributed by atoms with Crippen LogP contribution in [0.5, 0.6) is 5.75 Å². The molecule has 0 saturated carbocycles. The van der Waals surface area contributed by atoms with Crippen molar-refractivity contribution in [2.24, 2.45) is 5.16 Å². The van der Waals surface area contributed by atoms with Crippen LogP contribution in [-0.4, -0.2) is 24.8 Å².